The van der Waals surface area contributed by atoms with Gasteiger partial charge in [-0.15, -0.1) is 0 Å². The van der Waals surface area contributed by atoms with Crippen molar-refractivity contribution in [2.45, 2.75) is 81.7 Å². The fourth-order valence-electron chi connectivity index (χ4n) is 9.29. The standard InChI is InChI=1S/C41H37ClF6N8O4S/c1-54-35-30(11-10-27(42)33(35)38(52-54)53-61(2,59)60)56-39(50-28-15-21(8-9-24(28)40(56)58)20-6-4-3-5-7-20)29(14-19-12-22(43)16-23(44)13-19)49-31(57)18-55-36-32(34(51-55)37(45)46)25-17-26(25)41(36,47)48/h8-13,15-16,20,25-26,29,37H,3-7,14,17-18H2,1-2H3,(H,49,57)(H,52,53)/t25-,26+,29-/m0/s1. The Labute approximate surface area is 348 Å². The number of hydrogen-bond donors (Lipinski definition) is 2. The normalized spacial score (nSPS) is 19.0. The van der Waals surface area contributed by atoms with Crippen LogP contribution in [0.15, 0.2) is 53.3 Å². The molecule has 6 aromatic rings. The smallest absolute Gasteiger partial charge is 0.293 e. The molecule has 3 heterocycles. The number of hydrogen-bond acceptors (Lipinski definition) is 7. The van der Waals surface area contributed by atoms with Crippen LogP contribution in [-0.2, 0) is 40.8 Å². The Balaban J connectivity index is 1.24. The highest BCUT2D eigenvalue weighted by Gasteiger charge is 2.67. The minimum atomic E-state index is -3.89. The number of amides is 1. The van der Waals surface area contributed by atoms with Crippen LogP contribution in [0.5, 0.6) is 0 Å². The lowest BCUT2D eigenvalue weighted by atomic mass is 9.84. The number of nitrogens with zero attached hydrogens (tertiary/aromatic N) is 6. The minimum absolute atomic E-state index is 0.00710. The monoisotopic (exact) mass is 886 g/mol. The van der Waals surface area contributed by atoms with Gasteiger partial charge in [-0.05, 0) is 78.6 Å². The second-order valence-electron chi connectivity index (χ2n) is 16.1. The van der Waals surface area contributed by atoms with Crippen LogP contribution >= 0.6 is 11.6 Å². The van der Waals surface area contributed by atoms with E-state index in [1.807, 2.05) is 6.07 Å². The first kappa shape index (κ1) is 40.9. The molecule has 20 heteroatoms. The predicted octanol–water partition coefficient (Wildman–Crippen LogP) is 8.07. The summed E-state index contributed by atoms with van der Waals surface area (Å²) in [4.78, 5) is 34.1. The lowest BCUT2D eigenvalue weighted by Crippen LogP contribution is -2.38. The van der Waals surface area contributed by atoms with Gasteiger partial charge in [0.2, 0.25) is 15.9 Å². The number of anilines is 1. The van der Waals surface area contributed by atoms with Crippen LogP contribution in [0, 0.1) is 17.6 Å². The third-order valence-corrected chi connectivity index (χ3v) is 12.8. The second kappa shape index (κ2) is 14.9. The number of carbonyl (C=O) groups is 1. The number of rotatable bonds is 11. The maximum Gasteiger partial charge on any atom is 0.293 e. The summed E-state index contributed by atoms with van der Waals surface area (Å²) in [5.74, 6) is -8.59. The first-order valence-electron chi connectivity index (χ1n) is 19.6. The number of sulfonamides is 1. The maximum atomic E-state index is 15.5. The Morgan fingerprint density at radius 2 is 1.74 bits per heavy atom. The first-order chi connectivity index (χ1) is 28.9. The van der Waals surface area contributed by atoms with Gasteiger partial charge in [0, 0.05) is 31.0 Å². The van der Waals surface area contributed by atoms with Gasteiger partial charge in [0.15, 0.2) is 5.82 Å². The fourth-order valence-corrected chi connectivity index (χ4v) is 10.0. The van der Waals surface area contributed by atoms with Crippen LogP contribution < -0.4 is 15.6 Å². The predicted molar refractivity (Wildman–Crippen MR) is 214 cm³/mol. The van der Waals surface area contributed by atoms with Gasteiger partial charge in [0.05, 0.1) is 44.8 Å². The quantitative estimate of drug-likeness (QED) is 0.125. The molecule has 0 radical (unpaired) electrons. The molecular weight excluding hydrogens is 850 g/mol. The topological polar surface area (TPSA) is 146 Å². The molecule has 0 unspecified atom stereocenters. The molecule has 3 atom stereocenters. The zero-order chi connectivity index (χ0) is 43.3. The molecule has 3 aliphatic rings. The van der Waals surface area contributed by atoms with Gasteiger partial charge >= 0.3 is 0 Å². The van der Waals surface area contributed by atoms with Gasteiger partial charge in [0.1, 0.15) is 35.4 Å². The Hall–Kier alpha value is -5.43. The van der Waals surface area contributed by atoms with E-state index in [4.69, 9.17) is 16.6 Å². The van der Waals surface area contributed by atoms with Gasteiger partial charge in [-0.1, -0.05) is 36.9 Å². The molecule has 0 bridgehead atoms. The number of benzene rings is 3. The molecule has 2 N–H and O–H groups in total. The molecule has 1 amide bonds. The van der Waals surface area contributed by atoms with E-state index < -0.39 is 87.7 Å². The zero-order valence-corrected chi connectivity index (χ0v) is 34.1. The largest absolute Gasteiger partial charge is 0.344 e. The van der Waals surface area contributed by atoms with Crippen molar-refractivity contribution in [3.8, 4) is 5.69 Å². The van der Waals surface area contributed by atoms with Crippen LogP contribution in [0.1, 0.15) is 96.7 Å². The number of alkyl halides is 4. The van der Waals surface area contributed by atoms with Crippen molar-refractivity contribution in [3.63, 3.8) is 0 Å². The van der Waals surface area contributed by atoms with E-state index >= 15 is 13.6 Å². The molecule has 0 spiro atoms. The Morgan fingerprint density at radius 3 is 2.43 bits per heavy atom. The highest BCUT2D eigenvalue weighted by atomic mass is 35.5. The molecular formula is C41H37ClF6N8O4S. The number of nitrogens with one attached hydrogen (secondary N) is 2. The molecule has 320 valence electrons. The molecule has 2 saturated carbocycles. The van der Waals surface area contributed by atoms with E-state index in [9.17, 15) is 30.8 Å². The van der Waals surface area contributed by atoms with E-state index in [1.54, 1.807) is 12.1 Å². The van der Waals surface area contributed by atoms with Crippen molar-refractivity contribution < 1.29 is 39.6 Å². The third-order valence-electron chi connectivity index (χ3n) is 11.9. The van der Waals surface area contributed by atoms with Crippen molar-refractivity contribution in [3.05, 3.63) is 109 Å². The molecule has 3 aliphatic carbocycles. The molecule has 3 aromatic carbocycles. The Bertz CT molecular complexity index is 2950. The summed E-state index contributed by atoms with van der Waals surface area (Å²) in [7, 11) is -2.41. The molecule has 3 aromatic heterocycles. The van der Waals surface area contributed by atoms with Crippen molar-refractivity contribution in [1.82, 2.24) is 34.4 Å². The molecule has 0 saturated heterocycles. The van der Waals surface area contributed by atoms with Crippen LogP contribution in [0.4, 0.5) is 32.2 Å². The van der Waals surface area contributed by atoms with E-state index in [0.29, 0.717) is 10.7 Å². The summed E-state index contributed by atoms with van der Waals surface area (Å²) in [5, 5.41) is 11.1. The molecule has 12 nitrogen and oxygen atoms in total. The number of halogens is 7. The molecule has 9 rings (SSSR count). The summed E-state index contributed by atoms with van der Waals surface area (Å²) in [6.07, 6.45) is 2.28. The van der Waals surface area contributed by atoms with Crippen molar-refractivity contribution in [2.24, 2.45) is 13.0 Å². The second-order valence-corrected chi connectivity index (χ2v) is 18.3. The highest BCUT2D eigenvalue weighted by Crippen LogP contribution is 2.68. The molecule has 61 heavy (non-hydrogen) atoms. The minimum Gasteiger partial charge on any atom is -0.344 e. The van der Waals surface area contributed by atoms with Crippen LogP contribution in [0.3, 0.4) is 0 Å². The van der Waals surface area contributed by atoms with E-state index in [0.717, 1.165) is 60.6 Å². The number of carbonyl (C=O) groups excluding carboxylic acids is 1. The lowest BCUT2D eigenvalue weighted by Gasteiger charge is -2.25. The van der Waals surface area contributed by atoms with Gasteiger partial charge in [0.25, 0.3) is 17.9 Å². The zero-order valence-electron chi connectivity index (χ0n) is 32.5. The van der Waals surface area contributed by atoms with Gasteiger partial charge in [-0.2, -0.15) is 19.0 Å². The fraction of sp³-hybridized carbons (Fsp3) is 0.390. The molecule has 0 aliphatic heterocycles. The van der Waals surface area contributed by atoms with Crippen molar-refractivity contribution in [1.29, 1.82) is 0 Å². The summed E-state index contributed by atoms with van der Waals surface area (Å²) in [6.45, 7) is -0.949. The number of fused-ring (bicyclic) bond motifs is 5. The van der Waals surface area contributed by atoms with Gasteiger partial charge in [-0.3, -0.25) is 28.2 Å². The average molecular weight is 887 g/mol. The van der Waals surface area contributed by atoms with E-state index in [1.165, 1.54) is 23.9 Å². The van der Waals surface area contributed by atoms with Crippen LogP contribution in [0.2, 0.25) is 5.02 Å². The third kappa shape index (κ3) is 7.32. The molecule has 2 fully saturated rings. The number of aryl methyl sites for hydroxylation is 1. The maximum absolute atomic E-state index is 15.5. The summed E-state index contributed by atoms with van der Waals surface area (Å²) < 4.78 is 119. The average Bonchev–Trinajstić information content (AvgIpc) is 3.73. The highest BCUT2D eigenvalue weighted by molar-refractivity contribution is 7.92. The van der Waals surface area contributed by atoms with Gasteiger partial charge < -0.3 is 5.32 Å². The Kier molecular flexibility index (Phi) is 9.99. The van der Waals surface area contributed by atoms with Crippen LogP contribution in [-0.4, -0.2) is 49.7 Å². The van der Waals surface area contributed by atoms with E-state index in [-0.39, 0.29) is 67.6 Å². The summed E-state index contributed by atoms with van der Waals surface area (Å²) in [5.41, 5.74) is -1.15. The van der Waals surface area contributed by atoms with Crippen LogP contribution in [0.25, 0.3) is 27.5 Å². The van der Waals surface area contributed by atoms with Gasteiger partial charge in [-0.25, -0.2) is 31.0 Å². The summed E-state index contributed by atoms with van der Waals surface area (Å²) in [6, 6.07) is 9.35. The number of aromatic nitrogens is 6. The van der Waals surface area contributed by atoms with Crippen molar-refractivity contribution in [2.75, 3.05) is 11.0 Å². The Morgan fingerprint density at radius 1 is 1.02 bits per heavy atom. The first-order valence-corrected chi connectivity index (χ1v) is 21.9. The van der Waals surface area contributed by atoms with E-state index in [2.05, 4.69) is 20.2 Å². The van der Waals surface area contributed by atoms with Crippen molar-refractivity contribution >= 4 is 55.2 Å². The lowest BCUT2D eigenvalue weighted by molar-refractivity contribution is -0.123. The summed E-state index contributed by atoms with van der Waals surface area (Å²) >= 11 is 6.64. The SMILES string of the molecule is Cn1nc(NS(C)(=O)=O)c2c(Cl)ccc(-n3c([C@H](Cc4cc(F)cc(F)c4)NC(=O)Cn4nc(C(F)F)c5c4C(F)(F)[C@@H]4C[C@H]54)nc4cc(C5CCCCC5)ccc4c3=O)c21.